The number of ether oxygens (including phenoxy) is 2. The molecule has 3 atom stereocenters. The molecule has 1 unspecified atom stereocenters. The molecule has 0 spiro atoms. The molecule has 0 aromatic heterocycles. The maximum atomic E-state index is 13.1. The number of halogens is 1. The van der Waals surface area contributed by atoms with Gasteiger partial charge in [0.05, 0.1) is 54.6 Å². The highest BCUT2D eigenvalue weighted by Crippen LogP contribution is 2.38. The molecule has 1 aromatic rings. The lowest BCUT2D eigenvalue weighted by Crippen LogP contribution is -2.52. The fourth-order valence-corrected chi connectivity index (χ4v) is 5.69. The van der Waals surface area contributed by atoms with Crippen LogP contribution >= 0.6 is 11.6 Å². The zero-order valence-electron chi connectivity index (χ0n) is 20.6. The summed E-state index contributed by atoms with van der Waals surface area (Å²) < 4.78 is 11.4. The zero-order valence-corrected chi connectivity index (χ0v) is 21.4. The molecule has 4 aliphatic rings. The highest BCUT2D eigenvalue weighted by Gasteiger charge is 2.42. The highest BCUT2D eigenvalue weighted by molar-refractivity contribution is 6.33. The molecule has 0 aliphatic carbocycles. The third-order valence-corrected chi connectivity index (χ3v) is 7.75. The fourth-order valence-electron chi connectivity index (χ4n) is 5.53. The number of piperidine rings is 3. The largest absolute Gasteiger partial charge is 0.493 e. The second kappa shape index (κ2) is 11.8. The molecule has 0 radical (unpaired) electrons. The van der Waals surface area contributed by atoms with Crippen LogP contribution in [0.2, 0.25) is 5.02 Å². The number of anilines is 1. The van der Waals surface area contributed by atoms with Crippen molar-refractivity contribution in [2.75, 3.05) is 58.2 Å². The van der Waals surface area contributed by atoms with Crippen molar-refractivity contribution in [1.82, 2.24) is 15.3 Å². The van der Waals surface area contributed by atoms with Crippen LogP contribution in [0, 0.1) is 17.8 Å². The van der Waals surface area contributed by atoms with E-state index in [-0.39, 0.29) is 30.4 Å². The Bertz CT molecular complexity index is 908. The van der Waals surface area contributed by atoms with E-state index in [9.17, 15) is 9.59 Å². The van der Waals surface area contributed by atoms with Crippen LogP contribution in [-0.2, 0) is 14.4 Å². The molecule has 9 nitrogen and oxygen atoms in total. The van der Waals surface area contributed by atoms with Gasteiger partial charge in [0.25, 0.3) is 5.91 Å². The molecule has 2 bridgehead atoms. The number of nitrogens with two attached hydrogens (primary N) is 1. The summed E-state index contributed by atoms with van der Waals surface area (Å²) in [6, 6.07) is 3.06. The van der Waals surface area contributed by atoms with E-state index in [2.05, 4.69) is 17.1 Å². The molecule has 5 rings (SSSR count). The van der Waals surface area contributed by atoms with Crippen molar-refractivity contribution in [3.63, 3.8) is 0 Å². The van der Waals surface area contributed by atoms with Gasteiger partial charge in [-0.2, -0.15) is 0 Å². The van der Waals surface area contributed by atoms with Crippen molar-refractivity contribution in [1.29, 1.82) is 0 Å². The lowest BCUT2D eigenvalue weighted by atomic mass is 9.72. The predicted molar refractivity (Wildman–Crippen MR) is 133 cm³/mol. The monoisotopic (exact) mass is 508 g/mol. The van der Waals surface area contributed by atoms with Crippen LogP contribution < -0.4 is 15.8 Å². The standard InChI is InChI=1S/C25H37ClN4O5/c1-3-18(20-15-29-7-5-16(20)6-8-29)25(32)35-30-9-10-34-17(14-30)13-28-24(31)19-11-21(26)22(27)12-23(19)33-4-2/h11-12,16-18,20H,3-10,13-15,27H2,1-2H3,(H,28,31)/t17-,18?,20-/m1/s1. The molecular formula is C25H37ClN4O5. The number of hydroxylamine groups is 2. The summed E-state index contributed by atoms with van der Waals surface area (Å²) in [5.74, 6) is 0.808. The van der Waals surface area contributed by atoms with Gasteiger partial charge >= 0.3 is 5.97 Å². The number of benzene rings is 1. The average Bonchev–Trinajstić information content (AvgIpc) is 2.86. The van der Waals surface area contributed by atoms with Crippen molar-refractivity contribution in [3.8, 4) is 5.75 Å². The Morgan fingerprint density at radius 3 is 2.66 bits per heavy atom. The molecule has 1 aromatic carbocycles. The number of carbonyl (C=O) groups is 2. The van der Waals surface area contributed by atoms with Gasteiger partial charge in [-0.15, -0.1) is 5.06 Å². The van der Waals surface area contributed by atoms with Gasteiger partial charge in [0, 0.05) is 19.2 Å². The number of nitrogens with zero attached hydrogens (tertiary/aromatic N) is 2. The summed E-state index contributed by atoms with van der Waals surface area (Å²) in [4.78, 5) is 34.2. The lowest BCUT2D eigenvalue weighted by molar-refractivity contribution is -0.222. The first-order valence-corrected chi connectivity index (χ1v) is 13.1. The molecule has 4 saturated heterocycles. The summed E-state index contributed by atoms with van der Waals surface area (Å²) in [6.45, 7) is 9.17. The van der Waals surface area contributed by atoms with Crippen molar-refractivity contribution < 1.29 is 23.9 Å². The molecule has 1 amide bonds. The van der Waals surface area contributed by atoms with Gasteiger partial charge in [-0.25, -0.2) is 0 Å². The Labute approximate surface area is 212 Å². The van der Waals surface area contributed by atoms with E-state index in [1.165, 1.54) is 18.9 Å². The van der Waals surface area contributed by atoms with E-state index in [1.807, 2.05) is 6.92 Å². The molecule has 0 saturated carbocycles. The Morgan fingerprint density at radius 1 is 1.23 bits per heavy atom. The third-order valence-electron chi connectivity index (χ3n) is 7.42. The third kappa shape index (κ3) is 6.20. The quantitative estimate of drug-likeness (QED) is 0.490. The van der Waals surface area contributed by atoms with Crippen molar-refractivity contribution in [3.05, 3.63) is 22.7 Å². The van der Waals surface area contributed by atoms with Crippen LogP contribution in [0.15, 0.2) is 12.1 Å². The highest BCUT2D eigenvalue weighted by atomic mass is 35.5. The maximum Gasteiger partial charge on any atom is 0.328 e. The minimum atomic E-state index is -0.332. The molecule has 194 valence electrons. The number of nitrogens with one attached hydrogen (secondary N) is 1. The second-order valence-corrected chi connectivity index (χ2v) is 10.0. The lowest BCUT2D eigenvalue weighted by Gasteiger charge is -2.47. The minimum Gasteiger partial charge on any atom is -0.493 e. The van der Waals surface area contributed by atoms with E-state index in [4.69, 9.17) is 31.6 Å². The first kappa shape index (κ1) is 26.0. The van der Waals surface area contributed by atoms with Gasteiger partial charge in [0.2, 0.25) is 0 Å². The molecule has 4 aliphatic heterocycles. The van der Waals surface area contributed by atoms with Gasteiger partial charge in [-0.3, -0.25) is 9.59 Å². The molecule has 4 fully saturated rings. The van der Waals surface area contributed by atoms with Crippen LogP contribution in [0.5, 0.6) is 5.75 Å². The molecule has 10 heteroatoms. The Morgan fingerprint density at radius 2 is 2.00 bits per heavy atom. The van der Waals surface area contributed by atoms with Gasteiger partial charge in [0.1, 0.15) is 5.75 Å². The summed E-state index contributed by atoms with van der Waals surface area (Å²) in [5.41, 5.74) is 6.51. The first-order valence-electron chi connectivity index (χ1n) is 12.7. The number of rotatable bonds is 9. The van der Waals surface area contributed by atoms with E-state index < -0.39 is 0 Å². The zero-order chi connectivity index (χ0) is 24.9. The number of morpholine rings is 1. The minimum absolute atomic E-state index is 0.0867. The smallest absolute Gasteiger partial charge is 0.328 e. The summed E-state index contributed by atoms with van der Waals surface area (Å²) in [6.07, 6.45) is 2.83. The van der Waals surface area contributed by atoms with Crippen molar-refractivity contribution >= 4 is 29.2 Å². The van der Waals surface area contributed by atoms with E-state index in [0.717, 1.165) is 26.1 Å². The van der Waals surface area contributed by atoms with Gasteiger partial charge in [-0.1, -0.05) is 18.5 Å². The Hall–Kier alpha value is -2.07. The number of nitrogen functional groups attached to an aromatic ring is 1. The van der Waals surface area contributed by atoms with E-state index in [0.29, 0.717) is 60.2 Å². The van der Waals surface area contributed by atoms with Crippen LogP contribution in [0.1, 0.15) is 43.5 Å². The SMILES string of the molecule is CCOc1cc(N)c(Cl)cc1C(=O)NC[C@@H]1CN(OC(=O)C(CC)[C@@H]2CN3CCC2CC3)CCO1. The normalized spacial score (nSPS) is 27.3. The molecule has 35 heavy (non-hydrogen) atoms. The van der Waals surface area contributed by atoms with Gasteiger partial charge in [-0.05, 0) is 57.2 Å². The van der Waals surface area contributed by atoms with Crippen molar-refractivity contribution in [2.24, 2.45) is 17.8 Å². The van der Waals surface area contributed by atoms with Crippen LogP contribution in [0.3, 0.4) is 0 Å². The number of carbonyl (C=O) groups excluding carboxylic acids is 2. The fraction of sp³-hybridized carbons (Fsp3) is 0.680. The Balaban J connectivity index is 1.30. The second-order valence-electron chi connectivity index (χ2n) is 9.62. The van der Waals surface area contributed by atoms with E-state index >= 15 is 0 Å². The number of hydrogen-bond donors (Lipinski definition) is 2. The average molecular weight is 509 g/mol. The Kier molecular flexibility index (Phi) is 8.75. The number of hydrogen-bond acceptors (Lipinski definition) is 8. The predicted octanol–water partition coefficient (Wildman–Crippen LogP) is 2.58. The number of fused-ring (bicyclic) bond motifs is 3. The first-order chi connectivity index (χ1) is 16.9. The number of amides is 1. The molecule has 4 heterocycles. The topological polar surface area (TPSA) is 106 Å². The summed E-state index contributed by atoms with van der Waals surface area (Å²) in [5, 5.41) is 4.85. The van der Waals surface area contributed by atoms with Gasteiger partial charge in [0.15, 0.2) is 0 Å². The van der Waals surface area contributed by atoms with Crippen LogP contribution in [-0.4, -0.2) is 80.4 Å². The van der Waals surface area contributed by atoms with Crippen LogP contribution in [0.4, 0.5) is 5.69 Å². The van der Waals surface area contributed by atoms with Gasteiger partial charge < -0.3 is 30.3 Å². The molecule has 3 N–H and O–H groups in total. The molecular weight excluding hydrogens is 472 g/mol. The summed E-state index contributed by atoms with van der Waals surface area (Å²) >= 11 is 6.12. The van der Waals surface area contributed by atoms with E-state index in [1.54, 1.807) is 11.1 Å². The van der Waals surface area contributed by atoms with Crippen molar-refractivity contribution in [2.45, 2.75) is 39.2 Å². The maximum absolute atomic E-state index is 13.1. The summed E-state index contributed by atoms with van der Waals surface area (Å²) in [7, 11) is 0. The van der Waals surface area contributed by atoms with Crippen LogP contribution in [0.25, 0.3) is 0 Å².